The van der Waals surface area contributed by atoms with Crippen LogP contribution in [0, 0.1) is 6.92 Å². The molecule has 16 heavy (non-hydrogen) atoms. The van der Waals surface area contributed by atoms with Crippen molar-refractivity contribution in [2.75, 3.05) is 0 Å². The van der Waals surface area contributed by atoms with Crippen LogP contribution in [0.3, 0.4) is 0 Å². The van der Waals surface area contributed by atoms with Gasteiger partial charge in [0.15, 0.2) is 6.23 Å². The first-order valence-corrected chi connectivity index (χ1v) is 4.84. The molecule has 0 bridgehead atoms. The van der Waals surface area contributed by atoms with E-state index in [1.54, 1.807) is 6.92 Å². The van der Waals surface area contributed by atoms with E-state index in [-0.39, 0.29) is 12.2 Å². The van der Waals surface area contributed by atoms with Gasteiger partial charge >= 0.3 is 5.69 Å². The van der Waals surface area contributed by atoms with Gasteiger partial charge in [0.2, 0.25) is 0 Å². The molecule has 0 radical (unpaired) electrons. The quantitative estimate of drug-likeness (QED) is 0.682. The maximum atomic E-state index is 11.5. The minimum Gasteiger partial charge on any atom is -0.472 e. The second-order valence-corrected chi connectivity index (χ2v) is 3.77. The molecule has 86 valence electrons. The molecule has 0 unspecified atom stereocenters. The highest BCUT2D eigenvalue weighted by Crippen LogP contribution is 2.28. The lowest BCUT2D eigenvalue weighted by atomic mass is 10.2. The highest BCUT2D eigenvalue weighted by Gasteiger charge is 2.30. The van der Waals surface area contributed by atoms with Crippen LogP contribution >= 0.6 is 0 Å². The van der Waals surface area contributed by atoms with E-state index < -0.39 is 23.6 Å². The number of nitrogens with one attached hydrogen (secondary N) is 1. The van der Waals surface area contributed by atoms with Gasteiger partial charge in [0.05, 0.1) is 0 Å². The zero-order valence-corrected chi connectivity index (χ0v) is 8.77. The van der Waals surface area contributed by atoms with Gasteiger partial charge in [-0.3, -0.25) is 14.3 Å². The summed E-state index contributed by atoms with van der Waals surface area (Å²) in [6.45, 7) is 5.11. The van der Waals surface area contributed by atoms with Gasteiger partial charge in [0, 0.05) is 18.2 Å². The van der Waals surface area contributed by atoms with Gasteiger partial charge in [-0.15, -0.1) is 0 Å². The molecular formula is C10H12N2O4. The average molecular weight is 224 g/mol. The predicted molar refractivity (Wildman–Crippen MR) is 55.9 cm³/mol. The number of aromatic amines is 1. The van der Waals surface area contributed by atoms with Gasteiger partial charge in [-0.1, -0.05) is 6.58 Å². The normalized spacial score (nSPS) is 24.5. The van der Waals surface area contributed by atoms with Crippen molar-refractivity contribution >= 4 is 0 Å². The van der Waals surface area contributed by atoms with Crippen molar-refractivity contribution in [1.29, 1.82) is 0 Å². The van der Waals surface area contributed by atoms with E-state index in [1.165, 1.54) is 10.8 Å². The van der Waals surface area contributed by atoms with Gasteiger partial charge in [0.25, 0.3) is 5.56 Å². The first-order valence-electron chi connectivity index (χ1n) is 4.84. The Bertz CT molecular complexity index is 542. The Kier molecular flexibility index (Phi) is 2.43. The fraction of sp³-hybridized carbons (Fsp3) is 0.400. The van der Waals surface area contributed by atoms with Crippen LogP contribution < -0.4 is 11.2 Å². The molecule has 1 fully saturated rings. The maximum Gasteiger partial charge on any atom is 0.331 e. The summed E-state index contributed by atoms with van der Waals surface area (Å²) >= 11 is 0. The van der Waals surface area contributed by atoms with Gasteiger partial charge in [-0.2, -0.15) is 0 Å². The lowest BCUT2D eigenvalue weighted by Crippen LogP contribution is -2.33. The number of aliphatic hydroxyl groups is 1. The predicted octanol–water partition coefficient (Wildman–Crippen LogP) is -0.361. The number of H-pyrrole nitrogens is 1. The topological polar surface area (TPSA) is 84.3 Å². The Morgan fingerprint density at radius 2 is 2.31 bits per heavy atom. The minimum atomic E-state index is -0.774. The SMILES string of the molecule is C=C1O[C@@H](n2cc(C)c(=O)[nH]c2=O)C[C@@H]1O. The van der Waals surface area contributed by atoms with Crippen molar-refractivity contribution in [1.82, 2.24) is 9.55 Å². The van der Waals surface area contributed by atoms with Crippen LogP contribution in [0.4, 0.5) is 0 Å². The molecule has 2 rings (SSSR count). The van der Waals surface area contributed by atoms with Crippen LogP contribution in [0.5, 0.6) is 0 Å². The highest BCUT2D eigenvalue weighted by molar-refractivity contribution is 5.04. The lowest BCUT2D eigenvalue weighted by Gasteiger charge is -2.13. The number of nitrogens with zero attached hydrogens (tertiary/aromatic N) is 1. The molecule has 1 aliphatic rings. The zero-order valence-electron chi connectivity index (χ0n) is 8.77. The van der Waals surface area contributed by atoms with E-state index in [4.69, 9.17) is 4.74 Å². The minimum absolute atomic E-state index is 0.237. The Hall–Kier alpha value is -1.82. The Morgan fingerprint density at radius 3 is 2.88 bits per heavy atom. The number of aliphatic hydroxyl groups excluding tert-OH is 1. The van der Waals surface area contributed by atoms with Crippen LogP contribution in [-0.4, -0.2) is 20.8 Å². The van der Waals surface area contributed by atoms with E-state index in [0.717, 1.165) is 0 Å². The Balaban J connectivity index is 2.43. The van der Waals surface area contributed by atoms with Crippen LogP contribution in [0.15, 0.2) is 28.1 Å². The largest absolute Gasteiger partial charge is 0.472 e. The van der Waals surface area contributed by atoms with Crippen LogP contribution in [0.25, 0.3) is 0 Å². The summed E-state index contributed by atoms with van der Waals surface area (Å²) in [5.74, 6) is 0.237. The molecular weight excluding hydrogens is 212 g/mol. The molecule has 0 aromatic carbocycles. The van der Waals surface area contributed by atoms with Gasteiger partial charge < -0.3 is 9.84 Å². The Morgan fingerprint density at radius 1 is 1.62 bits per heavy atom. The molecule has 2 heterocycles. The van der Waals surface area contributed by atoms with Gasteiger partial charge in [0.1, 0.15) is 11.9 Å². The van der Waals surface area contributed by atoms with Gasteiger partial charge in [-0.25, -0.2) is 4.79 Å². The number of aryl methyl sites for hydroxylation is 1. The summed E-state index contributed by atoms with van der Waals surface area (Å²) in [6.07, 6.45) is 0.288. The second-order valence-electron chi connectivity index (χ2n) is 3.77. The fourth-order valence-electron chi connectivity index (χ4n) is 1.59. The molecule has 6 heteroatoms. The molecule has 2 N–H and O–H groups in total. The van der Waals surface area contributed by atoms with E-state index in [9.17, 15) is 14.7 Å². The average Bonchev–Trinajstić information content (AvgIpc) is 2.53. The van der Waals surface area contributed by atoms with Crippen molar-refractivity contribution in [3.05, 3.63) is 44.9 Å². The first-order chi connectivity index (χ1) is 7.49. The monoisotopic (exact) mass is 224 g/mol. The number of hydrogen-bond donors (Lipinski definition) is 2. The molecule has 0 amide bonds. The fourth-order valence-corrected chi connectivity index (χ4v) is 1.59. The van der Waals surface area contributed by atoms with Crippen molar-refractivity contribution in [3.8, 4) is 0 Å². The number of aromatic nitrogens is 2. The summed E-state index contributed by atoms with van der Waals surface area (Å²) in [4.78, 5) is 24.8. The second kappa shape index (κ2) is 3.64. The van der Waals surface area contributed by atoms with Crippen LogP contribution in [0.1, 0.15) is 18.2 Å². The summed E-state index contributed by atoms with van der Waals surface area (Å²) in [5, 5.41) is 9.43. The van der Waals surface area contributed by atoms with E-state index in [2.05, 4.69) is 11.6 Å². The molecule has 0 aliphatic carbocycles. The van der Waals surface area contributed by atoms with Crippen molar-refractivity contribution < 1.29 is 9.84 Å². The molecule has 0 spiro atoms. The summed E-state index contributed by atoms with van der Waals surface area (Å²) < 4.78 is 6.48. The Labute approximate surface area is 90.8 Å². The summed E-state index contributed by atoms with van der Waals surface area (Å²) in [5.41, 5.74) is -0.559. The molecule has 1 aliphatic heterocycles. The van der Waals surface area contributed by atoms with Crippen molar-refractivity contribution in [2.24, 2.45) is 0 Å². The van der Waals surface area contributed by atoms with E-state index in [1.807, 2.05) is 0 Å². The maximum absolute atomic E-state index is 11.5. The third kappa shape index (κ3) is 1.67. The molecule has 0 saturated carbocycles. The number of hydrogen-bond acceptors (Lipinski definition) is 4. The van der Waals surface area contributed by atoms with Crippen LogP contribution in [0.2, 0.25) is 0 Å². The van der Waals surface area contributed by atoms with Gasteiger partial charge in [-0.05, 0) is 6.92 Å². The van der Waals surface area contributed by atoms with Crippen LogP contribution in [-0.2, 0) is 4.74 Å². The molecule has 6 nitrogen and oxygen atoms in total. The van der Waals surface area contributed by atoms with E-state index >= 15 is 0 Å². The molecule has 1 aromatic heterocycles. The van der Waals surface area contributed by atoms with E-state index in [0.29, 0.717) is 5.56 Å². The third-order valence-corrected chi connectivity index (χ3v) is 2.54. The van der Waals surface area contributed by atoms with Crippen molar-refractivity contribution in [2.45, 2.75) is 25.7 Å². The summed E-state index contributed by atoms with van der Waals surface area (Å²) in [6, 6.07) is 0. The summed E-state index contributed by atoms with van der Waals surface area (Å²) in [7, 11) is 0. The molecule has 2 atom stereocenters. The number of ether oxygens (including phenoxy) is 1. The third-order valence-electron chi connectivity index (χ3n) is 2.54. The standard InChI is InChI=1S/C10H12N2O4/c1-5-4-12(10(15)11-9(5)14)8-3-7(13)6(2)16-8/h4,7-8,13H,2-3H2,1H3,(H,11,14,15)/t7-,8+/m0/s1. The smallest absolute Gasteiger partial charge is 0.331 e. The van der Waals surface area contributed by atoms with Crippen molar-refractivity contribution in [3.63, 3.8) is 0 Å². The zero-order chi connectivity index (χ0) is 11.9. The highest BCUT2D eigenvalue weighted by atomic mass is 16.5. The molecule has 1 aromatic rings. The first kappa shape index (κ1) is 10.7. The number of rotatable bonds is 1. The molecule has 1 saturated heterocycles. The lowest BCUT2D eigenvalue weighted by molar-refractivity contribution is 0.0932.